The van der Waals surface area contributed by atoms with Gasteiger partial charge in [0.15, 0.2) is 0 Å². The van der Waals surface area contributed by atoms with E-state index in [2.05, 4.69) is 13.2 Å². The van der Waals surface area contributed by atoms with Crippen LogP contribution in [0.5, 0.6) is 0 Å². The van der Waals surface area contributed by atoms with Crippen LogP contribution in [0.2, 0.25) is 0 Å². The fourth-order valence-corrected chi connectivity index (χ4v) is 2.87. The second kappa shape index (κ2) is 3.23. The van der Waals surface area contributed by atoms with E-state index < -0.39 is 0 Å². The fraction of sp³-hybridized carbons (Fsp3) is 0.692. The second-order valence-corrected chi connectivity index (χ2v) is 5.09. The highest BCUT2D eigenvalue weighted by atomic mass is 16.3. The zero-order chi connectivity index (χ0) is 10.3. The molecular weight excluding hydrogens is 172 g/mol. The molecule has 1 N–H and O–H groups in total. The number of allylic oxidation sites excluding steroid dienone is 1. The number of aliphatic hydroxyl groups excluding tert-OH is 1. The lowest BCUT2D eigenvalue weighted by molar-refractivity contribution is 0.161. The summed E-state index contributed by atoms with van der Waals surface area (Å²) < 4.78 is 0. The Bertz CT molecular complexity index is 273. The molecule has 0 aromatic heterocycles. The molecule has 2 rings (SSSR count). The quantitative estimate of drug-likeness (QED) is 0.681. The predicted molar refractivity (Wildman–Crippen MR) is 59.0 cm³/mol. The molecule has 2 fully saturated rings. The molecule has 0 heterocycles. The van der Waals surface area contributed by atoms with Gasteiger partial charge >= 0.3 is 0 Å². The summed E-state index contributed by atoms with van der Waals surface area (Å²) >= 11 is 0. The van der Waals surface area contributed by atoms with Crippen LogP contribution in [-0.4, -0.2) is 11.2 Å². The maximum Gasteiger partial charge on any atom is 0.0747 e. The van der Waals surface area contributed by atoms with Gasteiger partial charge < -0.3 is 5.11 Å². The van der Waals surface area contributed by atoms with Crippen molar-refractivity contribution in [2.24, 2.45) is 11.3 Å². The van der Waals surface area contributed by atoms with Gasteiger partial charge in [-0.15, -0.1) is 0 Å². The van der Waals surface area contributed by atoms with Crippen LogP contribution >= 0.6 is 0 Å². The van der Waals surface area contributed by atoms with E-state index >= 15 is 0 Å². The van der Waals surface area contributed by atoms with Crippen LogP contribution in [0, 0.1) is 11.3 Å². The first-order valence-electron chi connectivity index (χ1n) is 5.58. The minimum absolute atomic E-state index is 0.302. The molecule has 2 saturated carbocycles. The van der Waals surface area contributed by atoms with Gasteiger partial charge in [-0.3, -0.25) is 0 Å². The molecule has 1 nitrogen and oxygen atoms in total. The Hall–Kier alpha value is -0.560. The van der Waals surface area contributed by atoms with Crippen molar-refractivity contribution in [2.45, 2.75) is 45.1 Å². The second-order valence-electron chi connectivity index (χ2n) is 5.09. The molecule has 14 heavy (non-hydrogen) atoms. The molecule has 2 aliphatic rings. The largest absolute Gasteiger partial charge is 0.389 e. The first kappa shape index (κ1) is 9.97. The molecule has 0 aliphatic heterocycles. The number of rotatable bonds is 3. The van der Waals surface area contributed by atoms with E-state index in [0.717, 1.165) is 12.0 Å². The maximum absolute atomic E-state index is 9.80. The van der Waals surface area contributed by atoms with Crippen LogP contribution in [-0.2, 0) is 0 Å². The summed E-state index contributed by atoms with van der Waals surface area (Å²) in [6, 6.07) is 0. The topological polar surface area (TPSA) is 20.2 Å². The fourth-order valence-electron chi connectivity index (χ4n) is 2.87. The highest BCUT2D eigenvalue weighted by Gasteiger charge is 2.54. The van der Waals surface area contributed by atoms with Crippen molar-refractivity contribution < 1.29 is 5.11 Å². The predicted octanol–water partition coefficient (Wildman–Crippen LogP) is 3.06. The Labute approximate surface area is 86.5 Å². The van der Waals surface area contributed by atoms with Gasteiger partial charge in [-0.05, 0) is 50.4 Å². The van der Waals surface area contributed by atoms with E-state index in [1.165, 1.54) is 31.3 Å². The van der Waals surface area contributed by atoms with Crippen LogP contribution < -0.4 is 0 Å². The van der Waals surface area contributed by atoms with E-state index in [4.69, 9.17) is 0 Å². The van der Waals surface area contributed by atoms with Crippen molar-refractivity contribution in [3.05, 3.63) is 24.3 Å². The highest BCUT2D eigenvalue weighted by molar-refractivity contribution is 5.26. The molecule has 0 saturated heterocycles. The summed E-state index contributed by atoms with van der Waals surface area (Å²) in [6.45, 7) is 9.89. The van der Waals surface area contributed by atoms with Crippen molar-refractivity contribution in [3.63, 3.8) is 0 Å². The van der Waals surface area contributed by atoms with Gasteiger partial charge in [-0.1, -0.05) is 24.3 Å². The smallest absolute Gasteiger partial charge is 0.0747 e. The summed E-state index contributed by atoms with van der Waals surface area (Å²) in [5.74, 6) is 0.668. The third-order valence-corrected chi connectivity index (χ3v) is 4.15. The van der Waals surface area contributed by atoms with Gasteiger partial charge in [-0.25, -0.2) is 0 Å². The van der Waals surface area contributed by atoms with Gasteiger partial charge in [-0.2, -0.15) is 0 Å². The zero-order valence-electron chi connectivity index (χ0n) is 9.05. The lowest BCUT2D eigenvalue weighted by Gasteiger charge is -2.22. The molecule has 0 aromatic carbocycles. The number of aliphatic hydroxyl groups is 1. The van der Waals surface area contributed by atoms with Crippen LogP contribution in [0.15, 0.2) is 24.3 Å². The molecule has 0 amide bonds. The Kier molecular flexibility index (Phi) is 2.30. The van der Waals surface area contributed by atoms with Crippen molar-refractivity contribution in [1.82, 2.24) is 0 Å². The van der Waals surface area contributed by atoms with Gasteiger partial charge in [0.1, 0.15) is 0 Å². The van der Waals surface area contributed by atoms with Gasteiger partial charge in [0.05, 0.1) is 6.10 Å². The number of hydrogen-bond acceptors (Lipinski definition) is 1. The molecule has 0 radical (unpaired) electrons. The van der Waals surface area contributed by atoms with Crippen molar-refractivity contribution in [3.8, 4) is 0 Å². The van der Waals surface area contributed by atoms with Crippen LogP contribution in [0.3, 0.4) is 0 Å². The Morgan fingerprint density at radius 2 is 2.29 bits per heavy atom. The standard InChI is InChI=1S/C13H20O/c1-9(2)12(14)8-11-5-4-10(3)13(11)6-7-13/h11-12,14H,1,3-8H2,2H3. The molecule has 0 aromatic rings. The number of hydrogen-bond donors (Lipinski definition) is 1. The normalized spacial score (nSPS) is 30.7. The van der Waals surface area contributed by atoms with Crippen molar-refractivity contribution in [1.29, 1.82) is 0 Å². The molecule has 0 bridgehead atoms. The van der Waals surface area contributed by atoms with Gasteiger partial charge in [0.25, 0.3) is 0 Å². The monoisotopic (exact) mass is 192 g/mol. The first-order chi connectivity index (χ1) is 6.56. The average Bonchev–Trinajstić information content (AvgIpc) is 2.86. The van der Waals surface area contributed by atoms with Crippen molar-refractivity contribution in [2.75, 3.05) is 0 Å². The Balaban J connectivity index is 2.00. The Morgan fingerprint density at radius 1 is 1.64 bits per heavy atom. The third-order valence-electron chi connectivity index (χ3n) is 4.15. The summed E-state index contributed by atoms with van der Waals surface area (Å²) in [6.07, 6.45) is 5.60. The van der Waals surface area contributed by atoms with Gasteiger partial charge in [0.2, 0.25) is 0 Å². The third kappa shape index (κ3) is 1.44. The van der Waals surface area contributed by atoms with Crippen molar-refractivity contribution >= 4 is 0 Å². The highest BCUT2D eigenvalue weighted by Crippen LogP contribution is 2.64. The minimum atomic E-state index is -0.302. The van der Waals surface area contributed by atoms with E-state index in [1.54, 1.807) is 0 Å². The summed E-state index contributed by atoms with van der Waals surface area (Å²) in [7, 11) is 0. The molecule has 1 spiro atoms. The maximum atomic E-state index is 9.80. The Morgan fingerprint density at radius 3 is 2.79 bits per heavy atom. The molecule has 2 aliphatic carbocycles. The SMILES string of the molecule is C=C(C)C(O)CC1CCC(=C)C12CC2. The van der Waals surface area contributed by atoms with Crippen LogP contribution in [0.25, 0.3) is 0 Å². The van der Waals surface area contributed by atoms with Crippen LogP contribution in [0.4, 0.5) is 0 Å². The summed E-state index contributed by atoms with van der Waals surface area (Å²) in [5.41, 5.74) is 2.78. The molecule has 78 valence electrons. The molecule has 1 heteroatoms. The lowest BCUT2D eigenvalue weighted by atomic mass is 9.85. The van der Waals surface area contributed by atoms with E-state index in [1.807, 2.05) is 6.92 Å². The molecular formula is C13H20O. The summed E-state index contributed by atoms with van der Waals surface area (Å²) in [5, 5.41) is 9.80. The lowest BCUT2D eigenvalue weighted by Crippen LogP contribution is -2.18. The minimum Gasteiger partial charge on any atom is -0.389 e. The first-order valence-corrected chi connectivity index (χ1v) is 5.58. The van der Waals surface area contributed by atoms with Crippen LogP contribution in [0.1, 0.15) is 39.0 Å². The van der Waals surface area contributed by atoms with Gasteiger partial charge in [0, 0.05) is 0 Å². The van der Waals surface area contributed by atoms with E-state index in [0.29, 0.717) is 11.3 Å². The summed E-state index contributed by atoms with van der Waals surface area (Å²) in [4.78, 5) is 0. The average molecular weight is 192 g/mol. The zero-order valence-corrected chi connectivity index (χ0v) is 9.05. The molecule has 2 atom stereocenters. The van der Waals surface area contributed by atoms with E-state index in [9.17, 15) is 5.11 Å². The molecule has 2 unspecified atom stereocenters. The van der Waals surface area contributed by atoms with E-state index in [-0.39, 0.29) is 6.10 Å².